The van der Waals surface area contributed by atoms with E-state index in [-0.39, 0.29) is 29.5 Å². The summed E-state index contributed by atoms with van der Waals surface area (Å²) in [6.07, 6.45) is 0. The van der Waals surface area contributed by atoms with Crippen LogP contribution in [0.3, 0.4) is 0 Å². The Balaban J connectivity index is 1.68. The second kappa shape index (κ2) is 8.11. The average molecular weight is 407 g/mol. The van der Waals surface area contributed by atoms with Crippen LogP contribution in [0.2, 0.25) is 10.0 Å². The molecular weight excluding hydrogens is 395 g/mol. The number of nitro benzene ring substituents is 1. The molecule has 0 aliphatic carbocycles. The van der Waals surface area contributed by atoms with Crippen LogP contribution in [-0.2, 0) is 6.61 Å². The Hall–Kier alpha value is -3.03. The summed E-state index contributed by atoms with van der Waals surface area (Å²) in [5.74, 6) is -0.0922. The van der Waals surface area contributed by atoms with Crippen LogP contribution in [0.25, 0.3) is 0 Å². The summed E-state index contributed by atoms with van der Waals surface area (Å²) in [5, 5.41) is 14.1. The largest absolute Gasteiger partial charge is 0.479 e. The van der Waals surface area contributed by atoms with Crippen LogP contribution in [0.1, 0.15) is 16.3 Å². The molecule has 0 saturated carbocycles. The highest BCUT2D eigenvalue weighted by Crippen LogP contribution is 2.30. The number of carbonyl (C=O) groups excluding carboxylic acids is 1. The summed E-state index contributed by atoms with van der Waals surface area (Å²) in [6.45, 7) is -0.0784. The van der Waals surface area contributed by atoms with E-state index in [0.717, 1.165) is 0 Å². The minimum atomic E-state index is -0.540. The summed E-state index contributed by atoms with van der Waals surface area (Å²) in [6, 6.07) is 13.8. The summed E-state index contributed by atoms with van der Waals surface area (Å²) in [5.41, 5.74) is 0.121. The highest BCUT2D eigenvalue weighted by Gasteiger charge is 2.17. The van der Waals surface area contributed by atoms with Crippen molar-refractivity contribution in [3.05, 3.63) is 86.3 Å². The fraction of sp³-hybridized carbons (Fsp3) is 0.0556. The molecule has 0 aliphatic rings. The topological polar surface area (TPSA) is 94.6 Å². The Kier molecular flexibility index (Phi) is 5.63. The SMILES string of the molecule is O=C(Nc1c(Cl)cccc1Cl)c1ccc(COc2ccccc2[N+](=O)[O-])o1. The molecule has 1 heterocycles. The van der Waals surface area contributed by atoms with Crippen LogP contribution in [0, 0.1) is 10.1 Å². The van der Waals surface area contributed by atoms with Crippen LogP contribution >= 0.6 is 23.2 Å². The van der Waals surface area contributed by atoms with Crippen LogP contribution in [0.5, 0.6) is 5.75 Å². The number of hydrogen-bond acceptors (Lipinski definition) is 5. The van der Waals surface area contributed by atoms with Gasteiger partial charge >= 0.3 is 5.69 Å². The van der Waals surface area contributed by atoms with Crippen LogP contribution in [0.15, 0.2) is 59.0 Å². The number of furan rings is 1. The molecule has 3 rings (SSSR count). The fourth-order valence-electron chi connectivity index (χ4n) is 2.25. The third kappa shape index (κ3) is 4.39. The summed E-state index contributed by atoms with van der Waals surface area (Å²) < 4.78 is 10.9. The van der Waals surface area contributed by atoms with E-state index in [9.17, 15) is 14.9 Å². The molecule has 3 aromatic rings. The molecule has 0 saturated heterocycles. The number of benzene rings is 2. The molecule has 0 aliphatic heterocycles. The zero-order valence-corrected chi connectivity index (χ0v) is 15.2. The Morgan fingerprint density at radius 3 is 2.48 bits per heavy atom. The Bertz CT molecular complexity index is 983. The molecule has 138 valence electrons. The molecule has 27 heavy (non-hydrogen) atoms. The van der Waals surface area contributed by atoms with Crippen molar-refractivity contribution in [1.29, 1.82) is 0 Å². The Labute approximate surface area is 163 Å². The number of halogens is 2. The average Bonchev–Trinajstić information content (AvgIpc) is 3.12. The number of nitro groups is 1. The number of hydrogen-bond donors (Lipinski definition) is 1. The number of anilines is 1. The molecule has 0 atom stereocenters. The molecule has 9 heteroatoms. The summed E-state index contributed by atoms with van der Waals surface area (Å²) in [7, 11) is 0. The van der Waals surface area contributed by atoms with E-state index >= 15 is 0 Å². The lowest BCUT2D eigenvalue weighted by Gasteiger charge is -2.07. The van der Waals surface area contributed by atoms with E-state index in [2.05, 4.69) is 5.32 Å². The molecule has 0 bridgehead atoms. The van der Waals surface area contributed by atoms with Gasteiger partial charge in [0.2, 0.25) is 0 Å². The molecule has 7 nitrogen and oxygen atoms in total. The lowest BCUT2D eigenvalue weighted by atomic mass is 10.3. The maximum atomic E-state index is 12.3. The van der Waals surface area contributed by atoms with Gasteiger partial charge < -0.3 is 14.5 Å². The van der Waals surface area contributed by atoms with Gasteiger partial charge in [0.05, 0.1) is 20.7 Å². The van der Waals surface area contributed by atoms with Crippen molar-refractivity contribution in [2.24, 2.45) is 0 Å². The minimum absolute atomic E-state index is 0.0205. The number of rotatable bonds is 6. The van der Waals surface area contributed by atoms with Crippen molar-refractivity contribution in [3.63, 3.8) is 0 Å². The maximum absolute atomic E-state index is 12.3. The number of nitrogens with one attached hydrogen (secondary N) is 1. The van der Waals surface area contributed by atoms with E-state index in [1.165, 1.54) is 24.3 Å². The quantitative estimate of drug-likeness (QED) is 0.441. The summed E-state index contributed by atoms with van der Waals surface area (Å²) in [4.78, 5) is 22.7. The van der Waals surface area contributed by atoms with E-state index in [1.54, 1.807) is 30.3 Å². The van der Waals surface area contributed by atoms with Crippen molar-refractivity contribution in [2.45, 2.75) is 6.61 Å². The first-order valence-corrected chi connectivity index (χ1v) is 8.41. The van der Waals surface area contributed by atoms with Gasteiger partial charge in [0.25, 0.3) is 5.91 Å². The second-order valence-electron chi connectivity index (χ2n) is 5.33. The predicted molar refractivity (Wildman–Crippen MR) is 101 cm³/mol. The van der Waals surface area contributed by atoms with Gasteiger partial charge in [-0.25, -0.2) is 0 Å². The van der Waals surface area contributed by atoms with Gasteiger partial charge in [-0.2, -0.15) is 0 Å². The van der Waals surface area contributed by atoms with Gasteiger partial charge in [-0.05, 0) is 30.3 Å². The maximum Gasteiger partial charge on any atom is 0.310 e. The van der Waals surface area contributed by atoms with Gasteiger partial charge in [-0.3, -0.25) is 14.9 Å². The van der Waals surface area contributed by atoms with Crippen molar-refractivity contribution in [3.8, 4) is 5.75 Å². The van der Waals surface area contributed by atoms with Gasteiger partial charge in [0.1, 0.15) is 12.4 Å². The van der Waals surface area contributed by atoms with E-state index in [0.29, 0.717) is 15.8 Å². The lowest BCUT2D eigenvalue weighted by molar-refractivity contribution is -0.386. The van der Waals surface area contributed by atoms with E-state index in [1.807, 2.05) is 0 Å². The molecule has 1 aromatic heterocycles. The van der Waals surface area contributed by atoms with Crippen LogP contribution < -0.4 is 10.1 Å². The van der Waals surface area contributed by atoms with Crippen LogP contribution in [0.4, 0.5) is 11.4 Å². The first-order valence-electron chi connectivity index (χ1n) is 7.66. The van der Waals surface area contributed by atoms with Gasteiger partial charge in [-0.15, -0.1) is 0 Å². The normalized spacial score (nSPS) is 10.4. The Morgan fingerprint density at radius 1 is 1.07 bits per heavy atom. The number of amides is 1. The minimum Gasteiger partial charge on any atom is -0.479 e. The van der Waals surface area contributed by atoms with Gasteiger partial charge in [0, 0.05) is 6.07 Å². The van der Waals surface area contributed by atoms with Gasteiger partial charge in [0.15, 0.2) is 11.5 Å². The molecule has 0 radical (unpaired) electrons. The molecule has 1 amide bonds. The number of para-hydroxylation sites is 3. The highest BCUT2D eigenvalue weighted by atomic mass is 35.5. The molecule has 0 unspecified atom stereocenters. The number of nitrogens with zero attached hydrogens (tertiary/aromatic N) is 1. The van der Waals surface area contributed by atoms with Crippen molar-refractivity contribution >= 4 is 40.5 Å². The second-order valence-corrected chi connectivity index (χ2v) is 6.14. The Morgan fingerprint density at radius 2 is 1.78 bits per heavy atom. The van der Waals surface area contributed by atoms with Crippen molar-refractivity contribution < 1.29 is 18.9 Å². The van der Waals surface area contributed by atoms with Crippen LogP contribution in [-0.4, -0.2) is 10.8 Å². The molecule has 1 N–H and O–H groups in total. The number of ether oxygens (including phenoxy) is 1. The monoisotopic (exact) mass is 406 g/mol. The van der Waals surface area contributed by atoms with E-state index < -0.39 is 10.8 Å². The smallest absolute Gasteiger partial charge is 0.310 e. The highest BCUT2D eigenvalue weighted by molar-refractivity contribution is 6.39. The predicted octanol–water partition coefficient (Wildman–Crippen LogP) is 5.33. The molecule has 0 fully saturated rings. The first-order chi connectivity index (χ1) is 13.0. The molecular formula is C18H12Cl2N2O5. The molecule has 2 aromatic carbocycles. The zero-order valence-electron chi connectivity index (χ0n) is 13.6. The third-order valence-electron chi connectivity index (χ3n) is 3.52. The molecule has 0 spiro atoms. The van der Waals surface area contributed by atoms with Crippen molar-refractivity contribution in [2.75, 3.05) is 5.32 Å². The zero-order chi connectivity index (χ0) is 19.4. The number of carbonyl (C=O) groups is 1. The third-order valence-corrected chi connectivity index (χ3v) is 4.15. The summed E-state index contributed by atoms with van der Waals surface area (Å²) >= 11 is 12.0. The lowest BCUT2D eigenvalue weighted by Crippen LogP contribution is -2.11. The van der Waals surface area contributed by atoms with Crippen molar-refractivity contribution in [1.82, 2.24) is 0 Å². The fourth-order valence-corrected chi connectivity index (χ4v) is 2.74. The van der Waals surface area contributed by atoms with E-state index in [4.69, 9.17) is 32.4 Å². The first kappa shape index (κ1) is 18.8. The standard InChI is InChI=1S/C18H12Cl2N2O5/c19-12-4-3-5-13(20)17(12)21-18(23)16-9-8-11(27-16)10-26-15-7-2-1-6-14(15)22(24)25/h1-9H,10H2,(H,21,23). The van der Waals surface area contributed by atoms with Gasteiger partial charge in [-0.1, -0.05) is 41.4 Å².